The summed E-state index contributed by atoms with van der Waals surface area (Å²) in [6.07, 6.45) is 1.84. The van der Waals surface area contributed by atoms with Crippen LogP contribution in [0, 0.1) is 0 Å². The van der Waals surface area contributed by atoms with Gasteiger partial charge in [-0.2, -0.15) is 0 Å². The second-order valence-corrected chi connectivity index (χ2v) is 9.87. The molecular formula is C25H23ClN4O2S. The van der Waals surface area contributed by atoms with Crippen molar-refractivity contribution in [2.75, 3.05) is 18.4 Å². The molecule has 2 amide bonds. The number of nitrogens with one attached hydrogen (secondary N) is 2. The van der Waals surface area contributed by atoms with E-state index in [9.17, 15) is 9.59 Å². The number of amides is 2. The van der Waals surface area contributed by atoms with Crippen LogP contribution in [-0.4, -0.2) is 35.6 Å². The van der Waals surface area contributed by atoms with Crippen LogP contribution in [0.25, 0.3) is 0 Å². The van der Waals surface area contributed by atoms with Gasteiger partial charge in [-0.15, -0.1) is 11.3 Å². The number of nitrogens with zero attached hydrogens (tertiary/aromatic N) is 2. The number of hydrogen-bond donors (Lipinski definition) is 2. The molecule has 0 radical (unpaired) electrons. The van der Waals surface area contributed by atoms with Crippen molar-refractivity contribution in [2.24, 2.45) is 4.99 Å². The summed E-state index contributed by atoms with van der Waals surface area (Å²) >= 11 is 7.19. The zero-order valence-corrected chi connectivity index (χ0v) is 19.5. The van der Waals surface area contributed by atoms with E-state index in [1.807, 2.05) is 29.2 Å². The van der Waals surface area contributed by atoms with Gasteiger partial charge in [0.2, 0.25) is 0 Å². The van der Waals surface area contributed by atoms with Crippen molar-refractivity contribution < 1.29 is 9.59 Å². The summed E-state index contributed by atoms with van der Waals surface area (Å²) in [5.74, 6) is 0.776. The van der Waals surface area contributed by atoms with E-state index in [0.29, 0.717) is 33.6 Å². The van der Waals surface area contributed by atoms with E-state index in [2.05, 4.69) is 27.8 Å². The standard InChI is InChI=1S/C25H23ClN4O2S/c26-22-9-8-21(33-22)24(31)29-20-7-2-6-18-19(20)15-30(25(18)32)14-17-5-1-4-16(12-17)13-23-27-10-3-11-28-23/h1-2,4-9,12H,3,10-11,13-15H2,(H,27,28)(H,29,31). The highest BCUT2D eigenvalue weighted by Gasteiger charge is 2.30. The number of aliphatic imine (C=N–C) groups is 1. The normalized spacial score (nSPS) is 15.1. The zero-order valence-electron chi connectivity index (χ0n) is 17.9. The summed E-state index contributed by atoms with van der Waals surface area (Å²) in [7, 11) is 0. The highest BCUT2D eigenvalue weighted by atomic mass is 35.5. The predicted molar refractivity (Wildman–Crippen MR) is 132 cm³/mol. The Hall–Kier alpha value is -3.16. The van der Waals surface area contributed by atoms with Gasteiger partial charge >= 0.3 is 0 Å². The maximum atomic E-state index is 13.1. The number of halogens is 1. The quantitative estimate of drug-likeness (QED) is 0.537. The molecular weight excluding hydrogens is 456 g/mol. The molecule has 2 aliphatic rings. The van der Waals surface area contributed by atoms with Crippen molar-refractivity contribution in [3.8, 4) is 0 Å². The number of amidine groups is 1. The maximum Gasteiger partial charge on any atom is 0.265 e. The molecule has 0 saturated heterocycles. The molecule has 0 unspecified atom stereocenters. The van der Waals surface area contributed by atoms with Gasteiger partial charge in [-0.25, -0.2) is 0 Å². The molecule has 33 heavy (non-hydrogen) atoms. The predicted octanol–water partition coefficient (Wildman–Crippen LogP) is 4.74. The average molecular weight is 479 g/mol. The van der Waals surface area contributed by atoms with Gasteiger partial charge < -0.3 is 15.5 Å². The Labute approximate surface area is 201 Å². The molecule has 2 aromatic carbocycles. The number of carbonyl (C=O) groups excluding carboxylic acids is 2. The molecule has 1 aromatic heterocycles. The van der Waals surface area contributed by atoms with Crippen LogP contribution in [-0.2, 0) is 19.5 Å². The average Bonchev–Trinajstić information content (AvgIpc) is 3.39. The first-order valence-corrected chi connectivity index (χ1v) is 12.1. The Morgan fingerprint density at radius 1 is 1.15 bits per heavy atom. The molecule has 2 N–H and O–H groups in total. The monoisotopic (exact) mass is 478 g/mol. The summed E-state index contributed by atoms with van der Waals surface area (Å²) in [5, 5.41) is 6.30. The van der Waals surface area contributed by atoms with Gasteiger partial charge in [0.25, 0.3) is 11.8 Å². The lowest BCUT2D eigenvalue weighted by Gasteiger charge is -2.18. The summed E-state index contributed by atoms with van der Waals surface area (Å²) in [6.45, 7) is 2.81. The molecule has 2 aliphatic heterocycles. The van der Waals surface area contributed by atoms with Gasteiger partial charge in [0.1, 0.15) is 5.84 Å². The summed E-state index contributed by atoms with van der Waals surface area (Å²) < 4.78 is 0.563. The molecule has 0 atom stereocenters. The number of hydrogen-bond acceptors (Lipinski definition) is 5. The maximum absolute atomic E-state index is 13.1. The highest BCUT2D eigenvalue weighted by molar-refractivity contribution is 7.18. The number of thiophene rings is 1. The second kappa shape index (κ2) is 9.37. The van der Waals surface area contributed by atoms with E-state index in [0.717, 1.165) is 42.9 Å². The van der Waals surface area contributed by atoms with Crippen molar-refractivity contribution in [3.05, 3.63) is 86.1 Å². The summed E-state index contributed by atoms with van der Waals surface area (Å²) in [4.78, 5) is 32.6. The Kier molecular flexibility index (Phi) is 6.15. The highest BCUT2D eigenvalue weighted by Crippen LogP contribution is 2.31. The zero-order chi connectivity index (χ0) is 22.8. The molecule has 0 aliphatic carbocycles. The van der Waals surface area contributed by atoms with Gasteiger partial charge in [0, 0.05) is 49.4 Å². The number of benzene rings is 2. The van der Waals surface area contributed by atoms with E-state index in [4.69, 9.17) is 11.6 Å². The van der Waals surface area contributed by atoms with E-state index in [1.54, 1.807) is 18.2 Å². The lowest BCUT2D eigenvalue weighted by molar-refractivity contribution is 0.0766. The van der Waals surface area contributed by atoms with Crippen LogP contribution in [0.3, 0.4) is 0 Å². The fourth-order valence-corrected chi connectivity index (χ4v) is 5.15. The molecule has 3 aromatic rings. The van der Waals surface area contributed by atoms with Gasteiger partial charge in [-0.3, -0.25) is 14.6 Å². The van der Waals surface area contributed by atoms with Crippen LogP contribution in [0.2, 0.25) is 4.34 Å². The number of anilines is 1. The first-order chi connectivity index (χ1) is 16.1. The Morgan fingerprint density at radius 2 is 2.00 bits per heavy atom. The Bertz CT molecular complexity index is 1250. The van der Waals surface area contributed by atoms with Crippen molar-refractivity contribution in [2.45, 2.75) is 25.9 Å². The van der Waals surface area contributed by atoms with E-state index >= 15 is 0 Å². The topological polar surface area (TPSA) is 73.8 Å². The Balaban J connectivity index is 1.30. The van der Waals surface area contributed by atoms with Crippen molar-refractivity contribution in [1.82, 2.24) is 10.2 Å². The van der Waals surface area contributed by atoms with Crippen LogP contribution in [0.4, 0.5) is 5.69 Å². The minimum atomic E-state index is -0.224. The largest absolute Gasteiger partial charge is 0.373 e. The van der Waals surface area contributed by atoms with Crippen molar-refractivity contribution in [1.29, 1.82) is 0 Å². The minimum Gasteiger partial charge on any atom is -0.373 e. The van der Waals surface area contributed by atoms with Crippen LogP contribution >= 0.6 is 22.9 Å². The van der Waals surface area contributed by atoms with E-state index in [1.165, 1.54) is 16.9 Å². The van der Waals surface area contributed by atoms with Gasteiger partial charge in [-0.1, -0.05) is 41.9 Å². The molecule has 8 heteroatoms. The fourth-order valence-electron chi connectivity index (χ4n) is 4.21. The van der Waals surface area contributed by atoms with Gasteiger partial charge in [-0.05, 0) is 41.8 Å². The smallest absolute Gasteiger partial charge is 0.265 e. The minimum absolute atomic E-state index is 0.0241. The van der Waals surface area contributed by atoms with Crippen LogP contribution in [0.1, 0.15) is 43.1 Å². The summed E-state index contributed by atoms with van der Waals surface area (Å²) in [6, 6.07) is 17.1. The lowest BCUT2D eigenvalue weighted by Crippen LogP contribution is -2.31. The number of rotatable bonds is 6. The molecule has 0 fully saturated rings. The van der Waals surface area contributed by atoms with Gasteiger partial charge in [0.05, 0.1) is 9.21 Å². The second-order valence-electron chi connectivity index (χ2n) is 8.16. The molecule has 3 heterocycles. The van der Waals surface area contributed by atoms with E-state index in [-0.39, 0.29) is 11.8 Å². The third-order valence-electron chi connectivity index (χ3n) is 5.79. The lowest BCUT2D eigenvalue weighted by atomic mass is 10.1. The Morgan fingerprint density at radius 3 is 2.79 bits per heavy atom. The van der Waals surface area contributed by atoms with E-state index < -0.39 is 0 Å². The molecule has 0 spiro atoms. The third-order valence-corrected chi connectivity index (χ3v) is 7.02. The molecule has 0 saturated carbocycles. The van der Waals surface area contributed by atoms with Crippen molar-refractivity contribution in [3.63, 3.8) is 0 Å². The SMILES string of the molecule is O=C(Nc1cccc2c1CN(Cc1cccc(CC3=NCCCN3)c1)C2=O)c1ccc(Cl)s1. The molecule has 168 valence electrons. The third kappa shape index (κ3) is 4.79. The van der Waals surface area contributed by atoms with Gasteiger partial charge in [0.15, 0.2) is 0 Å². The molecule has 0 bridgehead atoms. The van der Waals surface area contributed by atoms with Crippen LogP contribution < -0.4 is 10.6 Å². The molecule has 5 rings (SSSR count). The number of carbonyl (C=O) groups is 2. The first kappa shape index (κ1) is 21.7. The van der Waals surface area contributed by atoms with Crippen LogP contribution in [0.15, 0.2) is 59.6 Å². The summed E-state index contributed by atoms with van der Waals surface area (Å²) in [5.41, 5.74) is 4.38. The number of fused-ring (bicyclic) bond motifs is 1. The first-order valence-electron chi connectivity index (χ1n) is 10.9. The fraction of sp³-hybridized carbons (Fsp3) is 0.240. The van der Waals surface area contributed by atoms with Crippen LogP contribution in [0.5, 0.6) is 0 Å². The molecule has 6 nitrogen and oxygen atoms in total. The van der Waals surface area contributed by atoms with Crippen molar-refractivity contribution >= 4 is 46.3 Å².